The molecule has 0 atom stereocenters. The highest BCUT2D eigenvalue weighted by atomic mass is 15.5. The molecule has 2 heteroatoms. The molecule has 0 radical (unpaired) electrons. The van der Waals surface area contributed by atoms with Gasteiger partial charge in [-0.15, -0.1) is 0 Å². The lowest BCUT2D eigenvalue weighted by molar-refractivity contribution is 0.829. The molecule has 1 heterocycles. The van der Waals surface area contributed by atoms with Gasteiger partial charge in [0.25, 0.3) is 0 Å². The van der Waals surface area contributed by atoms with Crippen LogP contribution in [0.1, 0.15) is 24.5 Å². The predicted molar refractivity (Wildman–Crippen MR) is 75.9 cm³/mol. The Hall–Kier alpha value is -2.09. The normalized spacial score (nSPS) is 14.1. The van der Waals surface area contributed by atoms with Gasteiger partial charge in [-0.25, -0.2) is 0 Å². The quantitative estimate of drug-likeness (QED) is 0.774. The molecule has 0 aromatic heterocycles. The molecule has 2 aromatic carbocycles. The standard InChI is InChI=1S/C16H16N2/c1-2-16-15-11-7-6-8-13(15)12-18(17-16)14-9-4-3-5-10-14/h3-11H,2,12H2,1H3. The topological polar surface area (TPSA) is 15.6 Å². The SMILES string of the molecule is CCC1=NN(c2ccccc2)Cc2ccccc21. The molecule has 90 valence electrons. The lowest BCUT2D eigenvalue weighted by atomic mass is 9.99. The van der Waals surface area contributed by atoms with Gasteiger partial charge in [-0.2, -0.15) is 5.10 Å². The van der Waals surface area contributed by atoms with Crippen LogP contribution in [0.3, 0.4) is 0 Å². The molecule has 3 rings (SSSR count). The maximum absolute atomic E-state index is 4.76. The van der Waals surface area contributed by atoms with E-state index >= 15 is 0 Å². The molecule has 0 amide bonds. The molecule has 0 saturated heterocycles. The molecule has 1 aliphatic heterocycles. The summed E-state index contributed by atoms with van der Waals surface area (Å²) in [6, 6.07) is 18.9. The molecule has 1 aliphatic rings. The van der Waals surface area contributed by atoms with Crippen molar-refractivity contribution in [2.24, 2.45) is 5.10 Å². The number of rotatable bonds is 2. The van der Waals surface area contributed by atoms with Crippen LogP contribution in [0.2, 0.25) is 0 Å². The molecule has 2 nitrogen and oxygen atoms in total. The summed E-state index contributed by atoms with van der Waals surface area (Å²) in [6.07, 6.45) is 0.959. The van der Waals surface area contributed by atoms with Crippen LogP contribution in [0.25, 0.3) is 0 Å². The Labute approximate surface area is 108 Å². The fourth-order valence-corrected chi connectivity index (χ4v) is 2.35. The van der Waals surface area contributed by atoms with Gasteiger partial charge in [0.05, 0.1) is 17.9 Å². The summed E-state index contributed by atoms with van der Waals surface area (Å²) in [4.78, 5) is 0. The Morgan fingerprint density at radius 1 is 1.00 bits per heavy atom. The first-order chi connectivity index (χ1) is 8.88. The molecule has 18 heavy (non-hydrogen) atoms. The number of para-hydroxylation sites is 1. The molecular formula is C16H16N2. The van der Waals surface area contributed by atoms with Crippen LogP contribution in [-0.4, -0.2) is 5.71 Å². The second-order valence-electron chi connectivity index (χ2n) is 4.45. The number of nitrogens with zero attached hydrogens (tertiary/aromatic N) is 2. The number of hydrazone groups is 1. The monoisotopic (exact) mass is 236 g/mol. The van der Waals surface area contributed by atoms with Crippen molar-refractivity contribution in [1.82, 2.24) is 0 Å². The Kier molecular flexibility index (Phi) is 2.85. The van der Waals surface area contributed by atoms with E-state index in [0.29, 0.717) is 0 Å². The van der Waals surface area contributed by atoms with E-state index in [9.17, 15) is 0 Å². The van der Waals surface area contributed by atoms with Crippen molar-refractivity contribution >= 4 is 11.4 Å². The van der Waals surface area contributed by atoms with Gasteiger partial charge < -0.3 is 0 Å². The van der Waals surface area contributed by atoms with Crippen LogP contribution < -0.4 is 5.01 Å². The van der Waals surface area contributed by atoms with Crippen molar-refractivity contribution in [3.63, 3.8) is 0 Å². The summed E-state index contributed by atoms with van der Waals surface area (Å²) >= 11 is 0. The Bertz CT molecular complexity index is 573. The molecule has 0 fully saturated rings. The van der Waals surface area contributed by atoms with E-state index in [1.807, 2.05) is 6.07 Å². The Balaban J connectivity index is 2.03. The maximum atomic E-state index is 4.76. The van der Waals surface area contributed by atoms with Gasteiger partial charge in [0.15, 0.2) is 0 Å². The molecule has 0 bridgehead atoms. The van der Waals surface area contributed by atoms with E-state index in [4.69, 9.17) is 5.10 Å². The van der Waals surface area contributed by atoms with Gasteiger partial charge in [0.1, 0.15) is 0 Å². The molecule has 2 aromatic rings. The summed E-state index contributed by atoms with van der Waals surface area (Å²) in [5.74, 6) is 0. The second-order valence-corrected chi connectivity index (χ2v) is 4.45. The minimum atomic E-state index is 0.851. The lowest BCUT2D eigenvalue weighted by Crippen LogP contribution is -2.25. The third-order valence-corrected chi connectivity index (χ3v) is 3.28. The van der Waals surface area contributed by atoms with E-state index in [1.165, 1.54) is 16.8 Å². The molecule has 0 saturated carbocycles. The third-order valence-electron chi connectivity index (χ3n) is 3.28. The van der Waals surface area contributed by atoms with Gasteiger partial charge in [0, 0.05) is 5.56 Å². The van der Waals surface area contributed by atoms with E-state index in [-0.39, 0.29) is 0 Å². The minimum Gasteiger partial charge on any atom is -0.261 e. The number of fused-ring (bicyclic) bond motifs is 1. The highest BCUT2D eigenvalue weighted by Crippen LogP contribution is 2.25. The van der Waals surface area contributed by atoms with Gasteiger partial charge in [0.2, 0.25) is 0 Å². The fraction of sp³-hybridized carbons (Fsp3) is 0.188. The van der Waals surface area contributed by atoms with E-state index in [2.05, 4.69) is 60.5 Å². The first-order valence-electron chi connectivity index (χ1n) is 6.37. The van der Waals surface area contributed by atoms with Crippen LogP contribution in [0.15, 0.2) is 59.7 Å². The van der Waals surface area contributed by atoms with E-state index in [1.54, 1.807) is 0 Å². The van der Waals surface area contributed by atoms with Crippen LogP contribution in [0, 0.1) is 0 Å². The predicted octanol–water partition coefficient (Wildman–Crippen LogP) is 3.82. The Morgan fingerprint density at radius 3 is 2.50 bits per heavy atom. The smallest absolute Gasteiger partial charge is 0.0682 e. The highest BCUT2D eigenvalue weighted by molar-refractivity contribution is 6.03. The number of hydrogen-bond donors (Lipinski definition) is 0. The van der Waals surface area contributed by atoms with Crippen molar-refractivity contribution in [2.75, 3.05) is 5.01 Å². The van der Waals surface area contributed by atoms with Crippen LogP contribution >= 0.6 is 0 Å². The van der Waals surface area contributed by atoms with Crippen molar-refractivity contribution in [2.45, 2.75) is 19.9 Å². The van der Waals surface area contributed by atoms with E-state index < -0.39 is 0 Å². The van der Waals surface area contributed by atoms with Crippen LogP contribution in [0.4, 0.5) is 5.69 Å². The molecule has 0 N–H and O–H groups in total. The van der Waals surface area contributed by atoms with Crippen molar-refractivity contribution in [3.8, 4) is 0 Å². The summed E-state index contributed by atoms with van der Waals surface area (Å²) < 4.78 is 0. The molecule has 0 aliphatic carbocycles. The third kappa shape index (κ3) is 1.90. The van der Waals surface area contributed by atoms with Crippen molar-refractivity contribution < 1.29 is 0 Å². The Morgan fingerprint density at radius 2 is 1.72 bits per heavy atom. The number of hydrogen-bond acceptors (Lipinski definition) is 2. The van der Waals surface area contributed by atoms with Crippen molar-refractivity contribution in [1.29, 1.82) is 0 Å². The zero-order chi connectivity index (χ0) is 12.4. The summed E-state index contributed by atoms with van der Waals surface area (Å²) in [5.41, 5.74) is 4.97. The summed E-state index contributed by atoms with van der Waals surface area (Å²) in [5, 5.41) is 6.85. The zero-order valence-corrected chi connectivity index (χ0v) is 10.5. The molecule has 0 unspecified atom stereocenters. The summed E-state index contributed by atoms with van der Waals surface area (Å²) in [6.45, 7) is 3.01. The number of anilines is 1. The van der Waals surface area contributed by atoms with Gasteiger partial charge in [-0.3, -0.25) is 5.01 Å². The first-order valence-corrected chi connectivity index (χ1v) is 6.37. The second kappa shape index (κ2) is 4.65. The van der Waals surface area contributed by atoms with Gasteiger partial charge >= 0.3 is 0 Å². The molecule has 0 spiro atoms. The highest BCUT2D eigenvalue weighted by Gasteiger charge is 2.17. The number of benzene rings is 2. The van der Waals surface area contributed by atoms with Gasteiger partial charge in [-0.05, 0) is 24.1 Å². The van der Waals surface area contributed by atoms with Crippen molar-refractivity contribution in [3.05, 3.63) is 65.7 Å². The lowest BCUT2D eigenvalue weighted by Gasteiger charge is -2.27. The largest absolute Gasteiger partial charge is 0.261 e. The fourth-order valence-electron chi connectivity index (χ4n) is 2.35. The average molecular weight is 236 g/mol. The zero-order valence-electron chi connectivity index (χ0n) is 10.5. The first kappa shape index (κ1) is 11.0. The maximum Gasteiger partial charge on any atom is 0.0682 e. The van der Waals surface area contributed by atoms with Crippen LogP contribution in [-0.2, 0) is 6.54 Å². The summed E-state index contributed by atoms with van der Waals surface area (Å²) in [7, 11) is 0. The minimum absolute atomic E-state index is 0.851. The molecular weight excluding hydrogens is 220 g/mol. The van der Waals surface area contributed by atoms with E-state index in [0.717, 1.165) is 18.7 Å². The van der Waals surface area contributed by atoms with Gasteiger partial charge in [-0.1, -0.05) is 49.4 Å². The average Bonchev–Trinajstić information content (AvgIpc) is 2.47. The van der Waals surface area contributed by atoms with Crippen LogP contribution in [0.5, 0.6) is 0 Å².